The third-order valence-corrected chi connectivity index (χ3v) is 6.71. The molecule has 0 aliphatic carbocycles. The molecule has 1 fully saturated rings. The number of benzene rings is 3. The summed E-state index contributed by atoms with van der Waals surface area (Å²) in [5, 5.41) is 0. The summed E-state index contributed by atoms with van der Waals surface area (Å²) in [6, 6.07) is 19.2. The summed E-state index contributed by atoms with van der Waals surface area (Å²) in [6.07, 6.45) is 0.420. The minimum Gasteiger partial charge on any atom is -0.494 e. The Labute approximate surface area is 246 Å². The lowest BCUT2D eigenvalue weighted by Crippen LogP contribution is -2.47. The summed E-state index contributed by atoms with van der Waals surface area (Å²) in [7, 11) is 0.565. The van der Waals surface area contributed by atoms with Crippen molar-refractivity contribution in [3.8, 4) is 22.6 Å². The van der Waals surface area contributed by atoms with Crippen molar-refractivity contribution < 1.29 is 37.9 Å². The maximum Gasteiger partial charge on any atom is 0.636 e. The minimum absolute atomic E-state index is 0.0151. The van der Waals surface area contributed by atoms with E-state index in [0.717, 1.165) is 33.6 Å². The molecule has 9 nitrogen and oxygen atoms in total. The maximum atomic E-state index is 12.0. The van der Waals surface area contributed by atoms with E-state index in [1.54, 1.807) is 31.3 Å². The van der Waals surface area contributed by atoms with Gasteiger partial charge in [-0.25, -0.2) is 0 Å². The van der Waals surface area contributed by atoms with Crippen molar-refractivity contribution in [1.82, 2.24) is 4.90 Å². The number of ether oxygens (including phenoxy) is 3. The van der Waals surface area contributed by atoms with E-state index in [1.807, 2.05) is 31.2 Å². The molecule has 3 aromatic carbocycles. The highest BCUT2D eigenvalue weighted by Gasteiger charge is 2.33. The zero-order valence-electron chi connectivity index (χ0n) is 24.7. The number of carbonyl (C=O) groups excluding carboxylic acids is 3. The smallest absolute Gasteiger partial charge is 0.494 e. The number of rotatable bonds is 10. The zero-order valence-corrected chi connectivity index (χ0v) is 24.7. The summed E-state index contributed by atoms with van der Waals surface area (Å²) >= 11 is 0. The zero-order chi connectivity index (χ0) is 30.2. The van der Waals surface area contributed by atoms with Gasteiger partial charge in [-0.2, -0.15) is 0 Å². The first-order chi connectivity index (χ1) is 20.1. The van der Waals surface area contributed by atoms with E-state index in [9.17, 15) is 14.4 Å². The molecule has 1 saturated heterocycles. The van der Waals surface area contributed by atoms with E-state index in [4.69, 9.17) is 23.5 Å². The van der Waals surface area contributed by atoms with Crippen LogP contribution in [0, 0.1) is 13.8 Å². The van der Waals surface area contributed by atoms with Crippen LogP contribution in [0.1, 0.15) is 37.0 Å². The van der Waals surface area contributed by atoms with Crippen LogP contribution in [-0.2, 0) is 35.0 Å². The van der Waals surface area contributed by atoms with E-state index in [-0.39, 0.29) is 25.2 Å². The Morgan fingerprint density at radius 2 is 1.57 bits per heavy atom. The molecule has 0 saturated carbocycles. The van der Waals surface area contributed by atoms with Crippen molar-refractivity contribution in [2.75, 3.05) is 26.7 Å². The Morgan fingerprint density at radius 1 is 0.929 bits per heavy atom. The van der Waals surface area contributed by atoms with E-state index in [2.05, 4.69) is 26.0 Å². The number of carbonyl (C=O) groups is 3. The van der Waals surface area contributed by atoms with Gasteiger partial charge in [0.05, 0.1) is 19.7 Å². The second-order valence-corrected chi connectivity index (χ2v) is 10.5. The Bertz CT molecular complexity index is 1380. The van der Waals surface area contributed by atoms with Gasteiger partial charge in [-0.05, 0) is 86.0 Å². The molecule has 0 radical (unpaired) electrons. The van der Waals surface area contributed by atoms with Gasteiger partial charge in [-0.3, -0.25) is 19.3 Å². The van der Waals surface area contributed by atoms with Crippen LogP contribution in [0.5, 0.6) is 11.5 Å². The van der Waals surface area contributed by atoms with Gasteiger partial charge in [0.25, 0.3) is 0 Å². The summed E-state index contributed by atoms with van der Waals surface area (Å²) in [4.78, 5) is 36.7. The first kappa shape index (κ1) is 30.6. The molecule has 0 unspecified atom stereocenters. The minimum atomic E-state index is -1.09. The van der Waals surface area contributed by atoms with Crippen LogP contribution in [0.4, 0.5) is 0 Å². The van der Waals surface area contributed by atoms with Gasteiger partial charge in [0.1, 0.15) is 24.2 Å². The van der Waals surface area contributed by atoms with E-state index in [1.165, 1.54) is 11.8 Å². The van der Waals surface area contributed by atoms with Crippen LogP contribution in [0.15, 0.2) is 60.7 Å². The quantitative estimate of drug-likeness (QED) is 0.263. The van der Waals surface area contributed by atoms with Crippen molar-refractivity contribution in [2.24, 2.45) is 0 Å². The van der Waals surface area contributed by atoms with Crippen molar-refractivity contribution in [3.63, 3.8) is 0 Å². The Hall–Kier alpha value is -4.31. The second kappa shape index (κ2) is 14.0. The van der Waals surface area contributed by atoms with Gasteiger partial charge in [0.15, 0.2) is 0 Å². The second-order valence-electron chi connectivity index (χ2n) is 10.5. The number of likely N-dealkylation sites (N-methyl/N-ethyl adjacent to an activating group) is 1. The third kappa shape index (κ3) is 8.60. The van der Waals surface area contributed by atoms with Crippen LogP contribution < -0.4 is 14.9 Å². The molecule has 42 heavy (non-hydrogen) atoms. The molecule has 10 heteroatoms. The molecule has 1 aliphatic heterocycles. The lowest BCUT2D eigenvalue weighted by atomic mass is 9.78. The fourth-order valence-electron chi connectivity index (χ4n) is 4.82. The molecule has 4 rings (SSSR count). The maximum absolute atomic E-state index is 12.0. The van der Waals surface area contributed by atoms with Crippen LogP contribution in [-0.4, -0.2) is 62.8 Å². The molecule has 3 aromatic rings. The topological polar surface area (TPSA) is 101 Å². The van der Waals surface area contributed by atoms with Gasteiger partial charge in [-0.15, -0.1) is 0 Å². The van der Waals surface area contributed by atoms with Crippen LogP contribution in [0.2, 0.25) is 0 Å². The molecule has 0 N–H and O–H groups in total. The summed E-state index contributed by atoms with van der Waals surface area (Å²) in [5.41, 5.74) is 5.95. The number of nitrogens with zero attached hydrogens (tertiary/aromatic N) is 1. The molecule has 0 bridgehead atoms. The molecule has 1 atom stereocenters. The van der Waals surface area contributed by atoms with Gasteiger partial charge >= 0.3 is 25.0 Å². The molecule has 0 amide bonds. The predicted octanol–water partition coefficient (Wildman–Crippen LogP) is 4.00. The fourth-order valence-corrected chi connectivity index (χ4v) is 4.82. The van der Waals surface area contributed by atoms with Crippen LogP contribution >= 0.6 is 0 Å². The van der Waals surface area contributed by atoms with Crippen molar-refractivity contribution in [3.05, 3.63) is 77.4 Å². The van der Waals surface area contributed by atoms with Gasteiger partial charge < -0.3 is 23.5 Å². The normalized spacial score (nSPS) is 14.7. The number of hydrogen-bond donors (Lipinski definition) is 0. The highest BCUT2D eigenvalue weighted by Crippen LogP contribution is 2.32. The Kier molecular flexibility index (Phi) is 10.2. The molecule has 1 heterocycles. The fraction of sp³-hybridized carbons (Fsp3) is 0.344. The summed E-state index contributed by atoms with van der Waals surface area (Å²) < 4.78 is 27.8. The monoisotopic (exact) mass is 573 g/mol. The van der Waals surface area contributed by atoms with Crippen molar-refractivity contribution in [1.29, 1.82) is 0 Å². The molecule has 1 aliphatic rings. The highest BCUT2D eigenvalue weighted by molar-refractivity contribution is 6.64. The van der Waals surface area contributed by atoms with Crippen LogP contribution in [0.25, 0.3) is 11.1 Å². The lowest BCUT2D eigenvalue weighted by molar-refractivity contribution is -0.147. The lowest BCUT2D eigenvalue weighted by Gasteiger charge is -2.22. The predicted molar refractivity (Wildman–Crippen MR) is 159 cm³/mol. The highest BCUT2D eigenvalue weighted by atomic mass is 16.6. The van der Waals surface area contributed by atoms with Crippen molar-refractivity contribution in [2.45, 2.75) is 46.8 Å². The molecule has 0 aromatic heterocycles. The first-order valence-electron chi connectivity index (χ1n) is 13.9. The largest absolute Gasteiger partial charge is 0.636 e. The van der Waals surface area contributed by atoms with E-state index >= 15 is 0 Å². The summed E-state index contributed by atoms with van der Waals surface area (Å²) in [6.45, 7) is 8.21. The van der Waals surface area contributed by atoms with E-state index in [0.29, 0.717) is 30.8 Å². The Morgan fingerprint density at radius 3 is 2.19 bits per heavy atom. The third-order valence-electron chi connectivity index (χ3n) is 6.71. The van der Waals surface area contributed by atoms with Gasteiger partial charge in [0.2, 0.25) is 0 Å². The van der Waals surface area contributed by atoms with Gasteiger partial charge in [-0.1, -0.05) is 30.3 Å². The molecule has 220 valence electrons. The van der Waals surface area contributed by atoms with Crippen LogP contribution in [0.3, 0.4) is 0 Å². The van der Waals surface area contributed by atoms with E-state index < -0.39 is 19.1 Å². The molecular formula is C32H36BNO8. The average Bonchev–Trinajstić information content (AvgIpc) is 2.90. The standard InChI is InChI=1S/C32H36BNO8/c1-21-15-29(38-14-13-23(3)40-24(4)35)16-22(2)32(21)26-8-6-7-25(17-26)20-39-28-11-9-27(10-12-28)33-41-30(36)18-34(5)19-31(37)42-33/h6-12,15-17,23H,13-14,18-20H2,1-5H3/t23-/m1/s1. The first-order valence-corrected chi connectivity index (χ1v) is 13.9. The summed E-state index contributed by atoms with van der Waals surface area (Å²) in [5.74, 6) is 0.190. The SMILES string of the molecule is CC(=O)O[C@H](C)CCOc1cc(C)c(-c2cccc(COc3ccc(B4OC(=O)CN(C)CC(=O)O4)cc3)c2)c(C)c1. The Balaban J connectivity index is 1.37. The average molecular weight is 573 g/mol. The number of hydrogen-bond acceptors (Lipinski definition) is 9. The number of esters is 1. The molecule has 0 spiro atoms. The molecular weight excluding hydrogens is 537 g/mol. The van der Waals surface area contributed by atoms with Crippen molar-refractivity contribution >= 4 is 30.5 Å². The van der Waals surface area contributed by atoms with Gasteiger partial charge in [0, 0.05) is 18.8 Å². The number of aryl methyl sites for hydroxylation is 2.